The number of ketones is 2. The quantitative estimate of drug-likeness (QED) is 0.155. The van der Waals surface area contributed by atoms with Gasteiger partial charge in [-0.25, -0.2) is 0 Å². The van der Waals surface area contributed by atoms with E-state index in [0.717, 1.165) is 17.5 Å². The van der Waals surface area contributed by atoms with E-state index in [2.05, 4.69) is 11.8 Å². The van der Waals surface area contributed by atoms with Crippen LogP contribution < -0.4 is 10.2 Å². The Balaban J connectivity index is 1.59. The van der Waals surface area contributed by atoms with Gasteiger partial charge >= 0.3 is 12.1 Å². The van der Waals surface area contributed by atoms with E-state index < -0.39 is 18.0 Å². The van der Waals surface area contributed by atoms with Gasteiger partial charge in [0.2, 0.25) is 5.91 Å². The number of para-hydroxylation sites is 1. The molecule has 45 heavy (non-hydrogen) atoms. The van der Waals surface area contributed by atoms with Gasteiger partial charge in [0, 0.05) is 62.5 Å². The monoisotopic (exact) mass is 626 g/mol. The van der Waals surface area contributed by atoms with E-state index in [1.807, 2.05) is 60.8 Å². The van der Waals surface area contributed by atoms with E-state index in [9.17, 15) is 32.3 Å². The fourth-order valence-corrected chi connectivity index (χ4v) is 5.11. The number of carbonyl (C=O) groups is 4. The first kappa shape index (κ1) is 35.5. The highest BCUT2D eigenvalue weighted by Crippen LogP contribution is 2.27. The Kier molecular flexibility index (Phi) is 14.3. The predicted molar refractivity (Wildman–Crippen MR) is 165 cm³/mol. The Hall–Kier alpha value is -3.97. The number of anilines is 1. The molecule has 3 rings (SSSR count). The van der Waals surface area contributed by atoms with Crippen molar-refractivity contribution < 1.29 is 37.1 Å². The van der Waals surface area contributed by atoms with Crippen LogP contribution >= 0.6 is 0 Å². The van der Waals surface area contributed by atoms with Crippen molar-refractivity contribution in [3.8, 4) is 11.8 Å². The number of hydrogen-bond acceptors (Lipinski definition) is 5. The molecule has 1 atom stereocenters. The molecule has 0 aliphatic carbocycles. The number of amides is 2. The second-order valence-electron chi connectivity index (χ2n) is 11.1. The molecular formula is C35H41F3N2O5. The summed E-state index contributed by atoms with van der Waals surface area (Å²) in [6, 6.07) is 15.0. The highest BCUT2D eigenvalue weighted by atomic mass is 19.4. The Morgan fingerprint density at radius 2 is 1.60 bits per heavy atom. The average molecular weight is 627 g/mol. The summed E-state index contributed by atoms with van der Waals surface area (Å²) in [4.78, 5) is 52.4. The van der Waals surface area contributed by atoms with Gasteiger partial charge in [0.25, 0.3) is 0 Å². The second-order valence-corrected chi connectivity index (χ2v) is 11.1. The van der Waals surface area contributed by atoms with Crippen molar-refractivity contribution in [1.29, 1.82) is 0 Å². The number of hydrogen-bond donors (Lipinski definition) is 1. The number of benzene rings is 2. The summed E-state index contributed by atoms with van der Waals surface area (Å²) < 4.78 is 42.8. The van der Waals surface area contributed by atoms with E-state index >= 15 is 0 Å². The summed E-state index contributed by atoms with van der Waals surface area (Å²) in [5.74, 6) is 3.18. The lowest BCUT2D eigenvalue weighted by Crippen LogP contribution is -2.37. The molecule has 2 aromatic rings. The van der Waals surface area contributed by atoms with Crippen LogP contribution in [0.25, 0.3) is 0 Å². The van der Waals surface area contributed by atoms with Gasteiger partial charge in [-0.2, -0.15) is 13.2 Å². The molecule has 0 fully saturated rings. The third kappa shape index (κ3) is 11.8. The van der Waals surface area contributed by atoms with Crippen LogP contribution in [0.15, 0.2) is 48.5 Å². The molecule has 10 heteroatoms. The van der Waals surface area contributed by atoms with Crippen molar-refractivity contribution in [1.82, 2.24) is 5.32 Å². The maximum absolute atomic E-state index is 13.5. The summed E-state index contributed by atoms with van der Waals surface area (Å²) >= 11 is 0. The first-order valence-electron chi connectivity index (χ1n) is 15.6. The normalized spacial score (nSPS) is 12.9. The molecular weight excluding hydrogens is 585 g/mol. The lowest BCUT2D eigenvalue weighted by Gasteiger charge is -2.26. The molecule has 0 spiro atoms. The highest BCUT2D eigenvalue weighted by Gasteiger charge is 2.38. The number of fused-ring (bicyclic) bond motifs is 2. The van der Waals surface area contributed by atoms with Crippen LogP contribution in [-0.2, 0) is 30.5 Å². The van der Waals surface area contributed by atoms with Crippen LogP contribution in [0.2, 0.25) is 0 Å². The fourth-order valence-electron chi connectivity index (χ4n) is 5.11. The lowest BCUT2D eigenvalue weighted by molar-refractivity contribution is -0.173. The Labute approximate surface area is 262 Å². The van der Waals surface area contributed by atoms with Crippen molar-refractivity contribution in [3.05, 3.63) is 65.2 Å². The van der Waals surface area contributed by atoms with Gasteiger partial charge in [-0.15, -0.1) is 0 Å². The number of ether oxygens (including phenoxy) is 1. The van der Waals surface area contributed by atoms with Crippen LogP contribution in [0.4, 0.5) is 18.9 Å². The average Bonchev–Trinajstić information content (AvgIpc) is 3.01. The predicted octanol–water partition coefficient (Wildman–Crippen LogP) is 6.30. The number of rotatable bonds is 18. The SMILES string of the molecule is CCCOCCCCC(=O)C(CCCCNC(=O)C(F)(F)F)CC(=O)CCC(=O)N1Cc2ccccc2C#Cc2ccccc21. The van der Waals surface area contributed by atoms with Gasteiger partial charge < -0.3 is 15.0 Å². The Bertz CT molecular complexity index is 1380. The van der Waals surface area contributed by atoms with Crippen LogP contribution in [0.5, 0.6) is 0 Å². The minimum atomic E-state index is -4.95. The van der Waals surface area contributed by atoms with Crippen LogP contribution in [0.3, 0.4) is 0 Å². The first-order chi connectivity index (χ1) is 21.6. The Morgan fingerprint density at radius 1 is 0.889 bits per heavy atom. The summed E-state index contributed by atoms with van der Waals surface area (Å²) in [5.41, 5.74) is 3.11. The van der Waals surface area contributed by atoms with Crippen LogP contribution in [0, 0.1) is 17.8 Å². The topological polar surface area (TPSA) is 92.8 Å². The van der Waals surface area contributed by atoms with Crippen molar-refractivity contribution in [2.45, 2.75) is 83.9 Å². The van der Waals surface area contributed by atoms with E-state index in [0.29, 0.717) is 56.7 Å². The number of carbonyl (C=O) groups excluding carboxylic acids is 4. The van der Waals surface area contributed by atoms with Gasteiger partial charge in [0.15, 0.2) is 0 Å². The van der Waals surface area contributed by atoms with Crippen molar-refractivity contribution in [2.75, 3.05) is 24.7 Å². The maximum atomic E-state index is 13.5. The van der Waals surface area contributed by atoms with Gasteiger partial charge in [-0.1, -0.05) is 55.5 Å². The van der Waals surface area contributed by atoms with Crippen molar-refractivity contribution >= 4 is 29.1 Å². The number of nitrogens with zero attached hydrogens (tertiary/aromatic N) is 1. The minimum Gasteiger partial charge on any atom is -0.381 e. The largest absolute Gasteiger partial charge is 0.471 e. The highest BCUT2D eigenvalue weighted by molar-refractivity contribution is 5.97. The summed E-state index contributed by atoms with van der Waals surface area (Å²) in [5, 5.41) is 1.83. The molecule has 1 aliphatic heterocycles. The molecule has 242 valence electrons. The minimum absolute atomic E-state index is 0.0398. The number of halogens is 3. The second kappa shape index (κ2) is 18.1. The Morgan fingerprint density at radius 3 is 2.36 bits per heavy atom. The molecule has 0 saturated carbocycles. The molecule has 1 N–H and O–H groups in total. The van der Waals surface area contributed by atoms with E-state index in [1.165, 1.54) is 0 Å². The number of unbranched alkanes of at least 4 members (excludes halogenated alkanes) is 2. The third-order valence-electron chi connectivity index (χ3n) is 7.55. The smallest absolute Gasteiger partial charge is 0.381 e. The molecule has 1 heterocycles. The number of alkyl halides is 3. The molecule has 0 saturated heterocycles. The molecule has 2 aromatic carbocycles. The van der Waals surface area contributed by atoms with E-state index in [4.69, 9.17) is 4.74 Å². The third-order valence-corrected chi connectivity index (χ3v) is 7.55. The summed E-state index contributed by atoms with van der Waals surface area (Å²) in [6.07, 6.45) is -1.69. The zero-order valence-electron chi connectivity index (χ0n) is 25.7. The van der Waals surface area contributed by atoms with Crippen molar-refractivity contribution in [3.63, 3.8) is 0 Å². The molecule has 1 unspecified atom stereocenters. The van der Waals surface area contributed by atoms with Crippen molar-refractivity contribution in [2.24, 2.45) is 5.92 Å². The zero-order chi connectivity index (χ0) is 32.7. The van der Waals surface area contributed by atoms with Crippen LogP contribution in [-0.4, -0.2) is 49.3 Å². The maximum Gasteiger partial charge on any atom is 0.471 e. The fraction of sp³-hybridized carbons (Fsp3) is 0.486. The molecule has 2 amide bonds. The zero-order valence-corrected chi connectivity index (χ0v) is 25.7. The molecule has 1 aliphatic rings. The van der Waals surface area contributed by atoms with Gasteiger partial charge in [-0.3, -0.25) is 19.2 Å². The van der Waals surface area contributed by atoms with E-state index in [1.54, 1.807) is 4.90 Å². The van der Waals surface area contributed by atoms with Crippen LogP contribution in [0.1, 0.15) is 87.8 Å². The van der Waals surface area contributed by atoms with E-state index in [-0.39, 0.29) is 56.1 Å². The van der Waals surface area contributed by atoms with Gasteiger partial charge in [-0.05, 0) is 55.9 Å². The van der Waals surface area contributed by atoms with Gasteiger partial charge in [0.1, 0.15) is 11.6 Å². The van der Waals surface area contributed by atoms with Gasteiger partial charge in [0.05, 0.1) is 12.2 Å². The molecule has 0 aromatic heterocycles. The number of nitrogens with one attached hydrogen (secondary N) is 1. The first-order valence-corrected chi connectivity index (χ1v) is 15.6. The molecule has 0 radical (unpaired) electrons. The molecule has 0 bridgehead atoms. The summed E-state index contributed by atoms with van der Waals surface area (Å²) in [7, 11) is 0. The number of Topliss-reactive ketones (excluding diaryl/α,β-unsaturated/α-hetero) is 2. The lowest BCUT2D eigenvalue weighted by atomic mass is 9.88. The summed E-state index contributed by atoms with van der Waals surface area (Å²) in [6.45, 7) is 3.33. The standard InChI is InChI=1S/C35H41F3N2O5/c1-2-22-45-23-10-8-16-32(42)28(13-7-9-21-39-34(44)35(36,37)38)24-30(41)19-20-33(43)40-25-29-14-4-3-11-26(29)17-18-27-12-5-6-15-31(27)40/h3-6,11-12,14-15,28H,2,7-10,13,16,19-25H2,1H3,(H,39,44). The molecule has 7 nitrogen and oxygen atoms in total.